The molecule has 0 fully saturated rings. The summed E-state index contributed by atoms with van der Waals surface area (Å²) in [5.41, 5.74) is -0.898. The fraction of sp³-hybridized carbons (Fsp3) is 0.364. The first-order chi connectivity index (χ1) is 9.03. The van der Waals surface area contributed by atoms with Crippen LogP contribution in [0.3, 0.4) is 0 Å². The summed E-state index contributed by atoms with van der Waals surface area (Å²) in [6.45, 7) is 1.28. The van der Waals surface area contributed by atoms with Crippen molar-refractivity contribution < 1.29 is 40.6 Å². The monoisotopic (exact) mass is 302 g/mol. The van der Waals surface area contributed by atoms with Crippen LogP contribution in [0, 0.1) is 0 Å². The summed E-state index contributed by atoms with van der Waals surface area (Å²) >= 11 is 0. The predicted octanol–water partition coefficient (Wildman–Crippen LogP) is 4.08. The first kappa shape index (κ1) is 16.1. The lowest BCUT2D eigenvalue weighted by atomic mass is 10.1. The number of hydrogen-bond donors (Lipinski definition) is 0. The fourth-order valence-corrected chi connectivity index (χ4v) is 1.38. The summed E-state index contributed by atoms with van der Waals surface area (Å²) in [5.74, 6) is -3.04. The van der Waals surface area contributed by atoms with Crippen molar-refractivity contribution >= 4 is 5.78 Å². The molecule has 1 aromatic rings. The van der Waals surface area contributed by atoms with Gasteiger partial charge < -0.3 is 9.47 Å². The van der Waals surface area contributed by atoms with E-state index >= 15 is 0 Å². The minimum atomic E-state index is -5.14. The smallest absolute Gasteiger partial charge is 0.405 e. The molecular formula is C11H8F6O3. The van der Waals surface area contributed by atoms with E-state index in [1.54, 1.807) is 0 Å². The molecule has 0 radical (unpaired) electrons. The average molecular weight is 302 g/mol. The van der Waals surface area contributed by atoms with Gasteiger partial charge in [-0.2, -0.15) is 0 Å². The van der Waals surface area contributed by atoms with Crippen molar-refractivity contribution in [3.05, 3.63) is 23.8 Å². The van der Waals surface area contributed by atoms with Crippen molar-refractivity contribution in [2.24, 2.45) is 0 Å². The zero-order chi connectivity index (χ0) is 15.6. The van der Waals surface area contributed by atoms with Gasteiger partial charge in [-0.25, -0.2) is 0 Å². The standard InChI is InChI=1S/C11H8F6O3/c1-2-6(18)9-7(19-10(12,13)14)4-3-5-8(9)20-11(15,16)17/h3-5H,2H2,1H3. The third-order valence-electron chi connectivity index (χ3n) is 2.04. The first-order valence-electron chi connectivity index (χ1n) is 5.21. The fourth-order valence-electron chi connectivity index (χ4n) is 1.38. The highest BCUT2D eigenvalue weighted by atomic mass is 19.4. The van der Waals surface area contributed by atoms with Gasteiger partial charge in [0.15, 0.2) is 5.78 Å². The van der Waals surface area contributed by atoms with Gasteiger partial charge in [0.1, 0.15) is 17.1 Å². The van der Waals surface area contributed by atoms with Gasteiger partial charge in [-0.1, -0.05) is 13.0 Å². The van der Waals surface area contributed by atoms with Crippen molar-refractivity contribution in [1.29, 1.82) is 0 Å². The van der Waals surface area contributed by atoms with E-state index < -0.39 is 35.6 Å². The van der Waals surface area contributed by atoms with Crippen LogP contribution < -0.4 is 9.47 Å². The Balaban J connectivity index is 3.31. The van der Waals surface area contributed by atoms with Crippen LogP contribution >= 0.6 is 0 Å². The van der Waals surface area contributed by atoms with Gasteiger partial charge in [-0.05, 0) is 12.1 Å². The van der Waals surface area contributed by atoms with Gasteiger partial charge in [0.25, 0.3) is 0 Å². The predicted molar refractivity (Wildman–Crippen MR) is 54.4 cm³/mol. The van der Waals surface area contributed by atoms with Crippen LogP contribution in [-0.4, -0.2) is 18.5 Å². The maximum absolute atomic E-state index is 12.2. The van der Waals surface area contributed by atoms with E-state index in [0.29, 0.717) is 0 Å². The number of alkyl halides is 6. The quantitative estimate of drug-likeness (QED) is 0.621. The Morgan fingerprint density at radius 2 is 1.40 bits per heavy atom. The SMILES string of the molecule is CCC(=O)c1c(OC(F)(F)F)cccc1OC(F)(F)F. The summed E-state index contributed by atoms with van der Waals surface area (Å²) in [4.78, 5) is 11.5. The van der Waals surface area contributed by atoms with E-state index in [-0.39, 0.29) is 6.42 Å². The molecule has 0 heterocycles. The van der Waals surface area contributed by atoms with Gasteiger partial charge in [-0.15, -0.1) is 26.3 Å². The Hall–Kier alpha value is -1.93. The zero-order valence-electron chi connectivity index (χ0n) is 9.93. The third kappa shape index (κ3) is 4.63. The Bertz CT molecular complexity index is 458. The molecule has 20 heavy (non-hydrogen) atoms. The van der Waals surface area contributed by atoms with Gasteiger partial charge in [0.2, 0.25) is 0 Å². The molecule has 3 nitrogen and oxygen atoms in total. The van der Waals surface area contributed by atoms with E-state index in [1.165, 1.54) is 6.92 Å². The number of halogens is 6. The number of Topliss-reactive ketones (excluding diaryl/α,β-unsaturated/α-hetero) is 1. The molecule has 0 aliphatic rings. The first-order valence-corrected chi connectivity index (χ1v) is 5.21. The van der Waals surface area contributed by atoms with Crippen LogP contribution in [0.1, 0.15) is 23.7 Å². The average Bonchev–Trinajstić information content (AvgIpc) is 2.24. The Labute approximate surface area is 109 Å². The third-order valence-corrected chi connectivity index (χ3v) is 2.04. The maximum atomic E-state index is 12.2. The van der Waals surface area contributed by atoms with E-state index in [9.17, 15) is 31.1 Å². The van der Waals surface area contributed by atoms with Gasteiger partial charge >= 0.3 is 12.7 Å². The lowest BCUT2D eigenvalue weighted by Crippen LogP contribution is -2.22. The molecule has 1 rings (SSSR count). The molecule has 0 spiro atoms. The molecule has 0 saturated carbocycles. The van der Waals surface area contributed by atoms with Gasteiger partial charge in [-0.3, -0.25) is 4.79 Å². The number of ketones is 1. The van der Waals surface area contributed by atoms with Gasteiger partial charge in [0.05, 0.1) is 0 Å². The summed E-state index contributed by atoms with van der Waals surface area (Å²) in [6.07, 6.45) is -10.6. The minimum absolute atomic E-state index is 0.313. The molecule has 112 valence electrons. The van der Waals surface area contributed by atoms with Crippen LogP contribution in [-0.2, 0) is 0 Å². The molecule has 9 heteroatoms. The maximum Gasteiger partial charge on any atom is 0.573 e. The minimum Gasteiger partial charge on any atom is -0.405 e. The van der Waals surface area contributed by atoms with E-state index in [4.69, 9.17) is 0 Å². The molecule has 0 saturated heterocycles. The number of hydrogen-bond acceptors (Lipinski definition) is 3. The topological polar surface area (TPSA) is 35.5 Å². The normalized spacial score (nSPS) is 12.2. The molecule has 0 amide bonds. The van der Waals surface area contributed by atoms with Gasteiger partial charge in [0, 0.05) is 6.42 Å². The second-order valence-electron chi connectivity index (χ2n) is 3.50. The van der Waals surface area contributed by atoms with Crippen LogP contribution in [0.25, 0.3) is 0 Å². The Kier molecular flexibility index (Phi) is 4.51. The summed E-state index contributed by atoms with van der Waals surface area (Å²) in [5, 5.41) is 0. The van der Waals surface area contributed by atoms with E-state index in [1.807, 2.05) is 0 Å². The summed E-state index contributed by atoms with van der Waals surface area (Å²) < 4.78 is 80.1. The summed E-state index contributed by atoms with van der Waals surface area (Å²) in [7, 11) is 0. The zero-order valence-corrected chi connectivity index (χ0v) is 9.93. The molecule has 0 N–H and O–H groups in total. The van der Waals surface area contributed by atoms with E-state index in [0.717, 1.165) is 18.2 Å². The van der Waals surface area contributed by atoms with Crippen molar-refractivity contribution in [3.63, 3.8) is 0 Å². The lowest BCUT2D eigenvalue weighted by Gasteiger charge is -2.16. The Morgan fingerprint density at radius 1 is 1.00 bits per heavy atom. The molecule has 0 aliphatic heterocycles. The molecule has 0 atom stereocenters. The molecule has 1 aromatic carbocycles. The number of ether oxygens (including phenoxy) is 2. The molecule has 0 unspecified atom stereocenters. The number of benzene rings is 1. The summed E-state index contributed by atoms with van der Waals surface area (Å²) in [6, 6.07) is 2.33. The number of carbonyl (C=O) groups excluding carboxylic acids is 1. The van der Waals surface area contributed by atoms with Crippen LogP contribution in [0.15, 0.2) is 18.2 Å². The molecule has 0 aromatic heterocycles. The second-order valence-corrected chi connectivity index (χ2v) is 3.50. The molecule has 0 aliphatic carbocycles. The highest BCUT2D eigenvalue weighted by Gasteiger charge is 2.36. The van der Waals surface area contributed by atoms with Crippen LogP contribution in [0.2, 0.25) is 0 Å². The Morgan fingerprint density at radius 3 is 1.70 bits per heavy atom. The number of rotatable bonds is 4. The van der Waals surface area contributed by atoms with Crippen molar-refractivity contribution in [2.45, 2.75) is 26.1 Å². The number of carbonyl (C=O) groups is 1. The van der Waals surface area contributed by atoms with Crippen molar-refractivity contribution in [1.82, 2.24) is 0 Å². The lowest BCUT2D eigenvalue weighted by molar-refractivity contribution is -0.276. The van der Waals surface area contributed by atoms with Crippen molar-refractivity contribution in [2.75, 3.05) is 0 Å². The molecular weight excluding hydrogens is 294 g/mol. The van der Waals surface area contributed by atoms with Crippen molar-refractivity contribution in [3.8, 4) is 11.5 Å². The largest absolute Gasteiger partial charge is 0.573 e. The van der Waals surface area contributed by atoms with E-state index in [2.05, 4.69) is 9.47 Å². The molecule has 0 bridgehead atoms. The van der Waals surface area contributed by atoms with Crippen LogP contribution in [0.4, 0.5) is 26.3 Å². The van der Waals surface area contributed by atoms with Crippen LogP contribution in [0.5, 0.6) is 11.5 Å². The highest BCUT2D eigenvalue weighted by molar-refractivity contribution is 6.01. The second kappa shape index (κ2) is 5.59. The highest BCUT2D eigenvalue weighted by Crippen LogP contribution is 2.36.